The molecule has 1 saturated heterocycles. The van der Waals surface area contributed by atoms with Crippen LogP contribution in [0.15, 0.2) is 35.0 Å². The minimum absolute atomic E-state index is 0.00404. The number of anilines is 1. The summed E-state index contributed by atoms with van der Waals surface area (Å²) in [5, 5.41) is 9.02. The highest BCUT2D eigenvalue weighted by Gasteiger charge is 2.24. The summed E-state index contributed by atoms with van der Waals surface area (Å²) in [5.74, 6) is -3.82. The molecule has 0 aliphatic carbocycles. The van der Waals surface area contributed by atoms with Gasteiger partial charge in [0.25, 0.3) is 0 Å². The minimum atomic E-state index is -1.09. The highest BCUT2D eigenvalue weighted by molar-refractivity contribution is 7.08. The van der Waals surface area contributed by atoms with Crippen LogP contribution in [-0.4, -0.2) is 36.3 Å². The molecule has 150 valence electrons. The summed E-state index contributed by atoms with van der Waals surface area (Å²) in [7, 11) is 0. The zero-order valence-electron chi connectivity index (χ0n) is 15.4. The van der Waals surface area contributed by atoms with E-state index in [1.165, 1.54) is 18.9 Å². The number of benzene rings is 1. The van der Waals surface area contributed by atoms with Gasteiger partial charge in [-0.3, -0.25) is 14.5 Å². The number of rotatable bonds is 5. The largest absolute Gasteiger partial charge is 0.346 e. The Labute approximate surface area is 166 Å². The first kappa shape index (κ1) is 20.4. The van der Waals surface area contributed by atoms with E-state index in [4.69, 9.17) is 0 Å². The highest BCUT2D eigenvalue weighted by atomic mass is 32.1. The van der Waals surface area contributed by atoms with Gasteiger partial charge >= 0.3 is 11.8 Å². The van der Waals surface area contributed by atoms with Crippen LogP contribution < -0.4 is 10.6 Å². The lowest BCUT2D eigenvalue weighted by molar-refractivity contribution is -0.136. The molecular formula is C20H23F2N3O2S. The van der Waals surface area contributed by atoms with Crippen molar-refractivity contribution in [1.29, 1.82) is 0 Å². The average molecular weight is 407 g/mol. The van der Waals surface area contributed by atoms with E-state index in [0.29, 0.717) is 6.54 Å². The van der Waals surface area contributed by atoms with Crippen LogP contribution in [0, 0.1) is 11.6 Å². The first-order valence-electron chi connectivity index (χ1n) is 9.35. The Morgan fingerprint density at radius 3 is 2.43 bits per heavy atom. The maximum Gasteiger partial charge on any atom is 0.313 e. The number of likely N-dealkylation sites (tertiary alicyclic amines) is 1. The Kier molecular flexibility index (Phi) is 7.11. The first-order chi connectivity index (χ1) is 13.5. The first-order valence-corrected chi connectivity index (χ1v) is 10.3. The van der Waals surface area contributed by atoms with E-state index in [2.05, 4.69) is 20.9 Å². The van der Waals surface area contributed by atoms with Crippen LogP contribution in [-0.2, 0) is 9.59 Å². The van der Waals surface area contributed by atoms with Gasteiger partial charge in [0.2, 0.25) is 0 Å². The molecule has 1 aromatic heterocycles. The number of hydrogen-bond donors (Lipinski definition) is 2. The molecule has 28 heavy (non-hydrogen) atoms. The maximum absolute atomic E-state index is 13.2. The van der Waals surface area contributed by atoms with Crippen molar-refractivity contribution < 1.29 is 18.4 Å². The lowest BCUT2D eigenvalue weighted by atomic mass is 10.1. The van der Waals surface area contributed by atoms with Crippen molar-refractivity contribution in [3.8, 4) is 0 Å². The van der Waals surface area contributed by atoms with Crippen molar-refractivity contribution in [2.45, 2.75) is 31.7 Å². The van der Waals surface area contributed by atoms with Crippen molar-refractivity contribution in [2.75, 3.05) is 25.0 Å². The molecular weight excluding hydrogens is 384 g/mol. The van der Waals surface area contributed by atoms with Gasteiger partial charge in [-0.2, -0.15) is 11.3 Å². The molecule has 2 N–H and O–H groups in total. The van der Waals surface area contributed by atoms with Gasteiger partial charge in [-0.15, -0.1) is 0 Å². The predicted molar refractivity (Wildman–Crippen MR) is 105 cm³/mol. The van der Waals surface area contributed by atoms with Crippen molar-refractivity contribution >= 4 is 28.8 Å². The standard InChI is InChI=1S/C20H23F2N3O2S/c21-16-6-5-15(11-17(16)22)24-20(27)19(26)23-12-18(14-7-10-28-13-14)25-8-3-1-2-4-9-25/h5-7,10-11,13,18H,1-4,8-9,12H2,(H,23,26)(H,24,27)/t18-/m1/s1. The van der Waals surface area contributed by atoms with E-state index in [1.54, 1.807) is 11.3 Å². The quantitative estimate of drug-likeness (QED) is 0.743. The molecule has 0 bridgehead atoms. The molecule has 1 aliphatic heterocycles. The molecule has 0 spiro atoms. The van der Waals surface area contributed by atoms with E-state index in [-0.39, 0.29) is 11.7 Å². The zero-order chi connectivity index (χ0) is 19.9. The topological polar surface area (TPSA) is 61.4 Å². The van der Waals surface area contributed by atoms with E-state index < -0.39 is 23.4 Å². The lowest BCUT2D eigenvalue weighted by Gasteiger charge is -2.30. The third-order valence-corrected chi connectivity index (χ3v) is 5.55. The molecule has 0 unspecified atom stereocenters. The van der Waals surface area contributed by atoms with Crippen LogP contribution in [0.5, 0.6) is 0 Å². The summed E-state index contributed by atoms with van der Waals surface area (Å²) >= 11 is 1.60. The van der Waals surface area contributed by atoms with Gasteiger partial charge in [0, 0.05) is 18.3 Å². The fraction of sp³-hybridized carbons (Fsp3) is 0.400. The minimum Gasteiger partial charge on any atom is -0.346 e. The smallest absolute Gasteiger partial charge is 0.313 e. The summed E-state index contributed by atoms with van der Waals surface area (Å²) in [6.45, 7) is 2.22. The van der Waals surface area contributed by atoms with Crippen molar-refractivity contribution in [1.82, 2.24) is 10.2 Å². The van der Waals surface area contributed by atoms with Gasteiger partial charge in [-0.1, -0.05) is 12.8 Å². The molecule has 0 saturated carbocycles. The molecule has 1 atom stereocenters. The van der Waals surface area contributed by atoms with Crippen LogP contribution in [0.3, 0.4) is 0 Å². The van der Waals surface area contributed by atoms with Gasteiger partial charge in [0.1, 0.15) is 0 Å². The fourth-order valence-electron chi connectivity index (χ4n) is 3.36. The normalized spacial score (nSPS) is 16.2. The third-order valence-electron chi connectivity index (χ3n) is 4.85. The summed E-state index contributed by atoms with van der Waals surface area (Å²) < 4.78 is 26.2. The number of carbonyl (C=O) groups is 2. The number of nitrogens with zero attached hydrogens (tertiary/aromatic N) is 1. The Morgan fingerprint density at radius 1 is 1.04 bits per heavy atom. The Hall–Kier alpha value is -2.32. The summed E-state index contributed by atoms with van der Waals surface area (Å²) in [6.07, 6.45) is 4.64. The van der Waals surface area contributed by atoms with Crippen LogP contribution in [0.4, 0.5) is 14.5 Å². The second-order valence-corrected chi connectivity index (χ2v) is 7.60. The van der Waals surface area contributed by atoms with Crippen molar-refractivity contribution in [3.63, 3.8) is 0 Å². The second-order valence-electron chi connectivity index (χ2n) is 6.82. The van der Waals surface area contributed by atoms with Crippen molar-refractivity contribution in [3.05, 3.63) is 52.2 Å². The number of amides is 2. The fourth-order valence-corrected chi connectivity index (χ4v) is 4.07. The highest BCUT2D eigenvalue weighted by Crippen LogP contribution is 2.25. The predicted octanol–water partition coefficient (Wildman–Crippen LogP) is 3.70. The lowest BCUT2D eigenvalue weighted by Crippen LogP contribution is -2.42. The number of thiophene rings is 1. The molecule has 1 aromatic carbocycles. The molecule has 2 aromatic rings. The number of halogens is 2. The second kappa shape index (κ2) is 9.75. The molecule has 2 heterocycles. The molecule has 3 rings (SSSR count). The van der Waals surface area contributed by atoms with Gasteiger partial charge in [-0.25, -0.2) is 8.78 Å². The van der Waals surface area contributed by atoms with E-state index in [1.807, 2.05) is 11.4 Å². The number of carbonyl (C=O) groups excluding carboxylic acids is 2. The molecule has 0 radical (unpaired) electrons. The Morgan fingerprint density at radius 2 is 1.79 bits per heavy atom. The van der Waals surface area contributed by atoms with E-state index in [0.717, 1.165) is 43.6 Å². The van der Waals surface area contributed by atoms with Crippen LogP contribution in [0.1, 0.15) is 37.3 Å². The SMILES string of the molecule is O=C(NC[C@H](c1ccsc1)N1CCCCCC1)C(=O)Nc1ccc(F)c(F)c1. The van der Waals surface area contributed by atoms with Crippen LogP contribution in [0.2, 0.25) is 0 Å². The maximum atomic E-state index is 13.2. The monoisotopic (exact) mass is 407 g/mol. The third kappa shape index (κ3) is 5.36. The average Bonchev–Trinajstić information content (AvgIpc) is 3.07. The van der Waals surface area contributed by atoms with Crippen LogP contribution >= 0.6 is 11.3 Å². The van der Waals surface area contributed by atoms with E-state index in [9.17, 15) is 18.4 Å². The van der Waals surface area contributed by atoms with Gasteiger partial charge < -0.3 is 10.6 Å². The van der Waals surface area contributed by atoms with Crippen LogP contribution in [0.25, 0.3) is 0 Å². The van der Waals surface area contributed by atoms with E-state index >= 15 is 0 Å². The molecule has 5 nitrogen and oxygen atoms in total. The molecule has 8 heteroatoms. The Bertz CT molecular complexity index is 806. The van der Waals surface area contributed by atoms with Gasteiger partial charge in [-0.05, 0) is 60.5 Å². The molecule has 1 aliphatic rings. The van der Waals surface area contributed by atoms with Gasteiger partial charge in [0.15, 0.2) is 11.6 Å². The number of nitrogens with one attached hydrogen (secondary N) is 2. The molecule has 2 amide bonds. The zero-order valence-corrected chi connectivity index (χ0v) is 16.2. The summed E-state index contributed by atoms with van der Waals surface area (Å²) in [6, 6.07) is 4.98. The summed E-state index contributed by atoms with van der Waals surface area (Å²) in [5.41, 5.74) is 1.15. The molecule has 1 fully saturated rings. The Balaban J connectivity index is 1.60. The number of hydrogen-bond acceptors (Lipinski definition) is 4. The van der Waals surface area contributed by atoms with Crippen molar-refractivity contribution in [2.24, 2.45) is 0 Å². The summed E-state index contributed by atoms with van der Waals surface area (Å²) in [4.78, 5) is 26.7. The van der Waals surface area contributed by atoms with Gasteiger partial charge in [0.05, 0.1) is 6.04 Å².